The Morgan fingerprint density at radius 3 is 2.72 bits per heavy atom. The van der Waals surface area contributed by atoms with Gasteiger partial charge in [0.1, 0.15) is 12.5 Å². The van der Waals surface area contributed by atoms with Crippen LogP contribution >= 0.6 is 11.3 Å². The van der Waals surface area contributed by atoms with Gasteiger partial charge in [-0.3, -0.25) is 4.79 Å². The molecular weight excluding hydrogens is 385 g/mol. The van der Waals surface area contributed by atoms with Gasteiger partial charge >= 0.3 is 0 Å². The van der Waals surface area contributed by atoms with Gasteiger partial charge in [-0.2, -0.15) is 0 Å². The number of nitrogens with zero attached hydrogens (tertiary/aromatic N) is 2. The number of alkyl halides is 1. The Balaban J connectivity index is 1.51. The number of hydrogen-bond acceptors (Lipinski definition) is 4. The zero-order valence-corrected chi connectivity index (χ0v) is 17.7. The highest BCUT2D eigenvalue weighted by atomic mass is 32.1. The summed E-state index contributed by atoms with van der Waals surface area (Å²) < 4.78 is 12.6. The number of carbonyl (C=O) groups excluding carboxylic acids is 1. The molecule has 6 heteroatoms. The molecule has 0 unspecified atom stereocenters. The van der Waals surface area contributed by atoms with Crippen LogP contribution in [0, 0.1) is 12.3 Å². The Morgan fingerprint density at radius 1 is 1.24 bits per heavy atom. The molecule has 0 radical (unpaired) electrons. The molecule has 1 amide bonds. The number of carbonyl (C=O) groups is 1. The fourth-order valence-corrected chi connectivity index (χ4v) is 4.73. The van der Waals surface area contributed by atoms with Gasteiger partial charge in [-0.05, 0) is 72.9 Å². The van der Waals surface area contributed by atoms with Crippen LogP contribution in [-0.2, 0) is 4.79 Å². The fourth-order valence-electron chi connectivity index (χ4n) is 3.83. The minimum absolute atomic E-state index is 0.00529. The lowest BCUT2D eigenvalue weighted by atomic mass is 9.79. The number of likely N-dealkylation sites (tertiary alicyclic amines) is 1. The van der Waals surface area contributed by atoms with Gasteiger partial charge in [0.05, 0.1) is 0 Å². The van der Waals surface area contributed by atoms with E-state index in [-0.39, 0.29) is 12.6 Å². The molecular formula is C23H26FN3OS. The molecule has 2 aromatic heterocycles. The van der Waals surface area contributed by atoms with Gasteiger partial charge in [0.15, 0.2) is 0 Å². The summed E-state index contributed by atoms with van der Waals surface area (Å²) in [6.07, 6.45) is 3.27. The zero-order valence-electron chi connectivity index (χ0n) is 16.9. The predicted octanol–water partition coefficient (Wildman–Crippen LogP) is 5.28. The van der Waals surface area contributed by atoms with Gasteiger partial charge in [0.25, 0.3) is 0 Å². The first-order valence-electron chi connectivity index (χ1n) is 10.0. The van der Waals surface area contributed by atoms with Crippen LogP contribution in [0.25, 0.3) is 21.2 Å². The topological polar surface area (TPSA) is 45.2 Å². The number of fused-ring (bicyclic) bond motifs is 1. The quantitative estimate of drug-likeness (QED) is 0.621. The molecule has 0 atom stereocenters. The standard InChI is InChI=1S/C23H26FN3OS/c1-16-11-20(29-15-16)17-3-4-18-14-25-21(13-19(18)12-17)26-22(28)23(2)5-8-27(9-6-23)10-7-24/h3-4,11-15H,5-10H2,1-2H3,(H,25,26,28). The van der Waals surface area contributed by atoms with E-state index in [1.807, 2.05) is 13.0 Å². The van der Waals surface area contributed by atoms with E-state index in [4.69, 9.17) is 0 Å². The number of pyridine rings is 1. The second-order valence-electron chi connectivity index (χ2n) is 8.17. The average Bonchev–Trinajstić information content (AvgIpc) is 3.16. The molecule has 1 fully saturated rings. The Hall–Kier alpha value is -2.31. The molecule has 152 valence electrons. The van der Waals surface area contributed by atoms with Gasteiger partial charge in [0, 0.05) is 28.4 Å². The number of benzene rings is 1. The number of amides is 1. The van der Waals surface area contributed by atoms with E-state index >= 15 is 0 Å². The molecule has 3 heterocycles. The third-order valence-electron chi connectivity index (χ3n) is 5.89. The number of rotatable bonds is 5. The maximum Gasteiger partial charge on any atom is 0.231 e. The molecule has 1 aromatic carbocycles. The molecule has 1 aliphatic heterocycles. The molecule has 29 heavy (non-hydrogen) atoms. The number of nitrogens with one attached hydrogen (secondary N) is 1. The third-order valence-corrected chi connectivity index (χ3v) is 6.98. The van der Waals surface area contributed by atoms with Crippen molar-refractivity contribution in [1.82, 2.24) is 9.88 Å². The number of aryl methyl sites for hydroxylation is 1. The molecule has 3 aromatic rings. The second kappa shape index (κ2) is 8.20. The van der Waals surface area contributed by atoms with Gasteiger partial charge in [-0.15, -0.1) is 11.3 Å². The lowest BCUT2D eigenvalue weighted by Crippen LogP contribution is -2.45. The minimum atomic E-state index is -0.445. The van der Waals surface area contributed by atoms with Crippen molar-refractivity contribution in [3.63, 3.8) is 0 Å². The van der Waals surface area contributed by atoms with Crippen molar-refractivity contribution in [2.75, 3.05) is 31.6 Å². The molecule has 4 rings (SSSR count). The Morgan fingerprint density at radius 2 is 2.03 bits per heavy atom. The SMILES string of the molecule is Cc1csc(-c2ccc3cnc(NC(=O)C4(C)CCN(CCF)CC4)cc3c2)c1. The molecule has 1 saturated heterocycles. The van der Waals surface area contributed by atoms with Gasteiger partial charge < -0.3 is 10.2 Å². The molecule has 0 bridgehead atoms. The van der Waals surface area contributed by atoms with Gasteiger partial charge in [-0.1, -0.05) is 19.1 Å². The van der Waals surface area contributed by atoms with E-state index in [2.05, 4.69) is 51.8 Å². The Bertz CT molecular complexity index is 1020. The van der Waals surface area contributed by atoms with Crippen LogP contribution in [0.1, 0.15) is 25.3 Å². The number of thiophene rings is 1. The largest absolute Gasteiger partial charge is 0.310 e. The summed E-state index contributed by atoms with van der Waals surface area (Å²) in [4.78, 5) is 20.7. The first-order valence-corrected chi connectivity index (χ1v) is 10.9. The molecule has 0 spiro atoms. The van der Waals surface area contributed by atoms with Gasteiger partial charge in [0.2, 0.25) is 5.91 Å². The van der Waals surface area contributed by atoms with E-state index in [0.29, 0.717) is 12.4 Å². The van der Waals surface area contributed by atoms with Crippen molar-refractivity contribution in [3.05, 3.63) is 47.5 Å². The third kappa shape index (κ3) is 4.33. The summed E-state index contributed by atoms with van der Waals surface area (Å²) in [5, 5.41) is 7.27. The maximum absolute atomic E-state index is 12.9. The summed E-state index contributed by atoms with van der Waals surface area (Å²) >= 11 is 1.74. The van der Waals surface area contributed by atoms with E-state index in [1.54, 1.807) is 17.5 Å². The van der Waals surface area contributed by atoms with Crippen LogP contribution < -0.4 is 5.32 Å². The Labute approximate surface area is 174 Å². The summed E-state index contributed by atoms with van der Waals surface area (Å²) in [5.41, 5.74) is 1.99. The summed E-state index contributed by atoms with van der Waals surface area (Å²) in [6.45, 7) is 5.72. The number of aromatic nitrogens is 1. The lowest BCUT2D eigenvalue weighted by Gasteiger charge is -2.37. The Kier molecular flexibility index (Phi) is 5.65. The van der Waals surface area contributed by atoms with E-state index in [9.17, 15) is 9.18 Å². The van der Waals surface area contributed by atoms with E-state index < -0.39 is 5.41 Å². The van der Waals surface area contributed by atoms with Crippen LogP contribution in [0.3, 0.4) is 0 Å². The normalized spacial score (nSPS) is 16.8. The molecule has 1 N–H and O–H groups in total. The first-order chi connectivity index (χ1) is 14.0. The molecule has 0 saturated carbocycles. The number of anilines is 1. The lowest BCUT2D eigenvalue weighted by molar-refractivity contribution is -0.127. The highest BCUT2D eigenvalue weighted by molar-refractivity contribution is 7.13. The predicted molar refractivity (Wildman–Crippen MR) is 118 cm³/mol. The fraction of sp³-hybridized carbons (Fsp3) is 0.391. The first kappa shape index (κ1) is 20.0. The van der Waals surface area contributed by atoms with Crippen LogP contribution in [0.15, 0.2) is 41.9 Å². The van der Waals surface area contributed by atoms with Crippen LogP contribution in [0.5, 0.6) is 0 Å². The van der Waals surface area contributed by atoms with Crippen LogP contribution in [0.2, 0.25) is 0 Å². The average molecular weight is 412 g/mol. The number of halogens is 1. The minimum Gasteiger partial charge on any atom is -0.310 e. The zero-order chi connectivity index (χ0) is 20.4. The molecule has 4 nitrogen and oxygen atoms in total. The summed E-state index contributed by atoms with van der Waals surface area (Å²) in [7, 11) is 0. The van der Waals surface area contributed by atoms with E-state index in [1.165, 1.54) is 16.0 Å². The highest BCUT2D eigenvalue weighted by Gasteiger charge is 2.36. The number of hydrogen-bond donors (Lipinski definition) is 1. The van der Waals surface area contributed by atoms with Crippen LogP contribution in [0.4, 0.5) is 10.2 Å². The van der Waals surface area contributed by atoms with Crippen molar-refractivity contribution in [2.45, 2.75) is 26.7 Å². The number of piperidine rings is 1. The van der Waals surface area contributed by atoms with Crippen molar-refractivity contribution < 1.29 is 9.18 Å². The maximum atomic E-state index is 12.9. The summed E-state index contributed by atoms with van der Waals surface area (Å²) in [5.74, 6) is 0.573. The van der Waals surface area contributed by atoms with Crippen LogP contribution in [-0.4, -0.2) is 42.1 Å². The second-order valence-corrected chi connectivity index (χ2v) is 9.08. The molecule has 1 aliphatic rings. The summed E-state index contributed by atoms with van der Waals surface area (Å²) in [6, 6.07) is 10.5. The van der Waals surface area contributed by atoms with Crippen molar-refractivity contribution >= 4 is 33.8 Å². The van der Waals surface area contributed by atoms with Crippen molar-refractivity contribution in [2.24, 2.45) is 5.41 Å². The van der Waals surface area contributed by atoms with Crippen molar-refractivity contribution in [1.29, 1.82) is 0 Å². The molecule has 0 aliphatic carbocycles. The highest BCUT2D eigenvalue weighted by Crippen LogP contribution is 2.33. The monoisotopic (exact) mass is 411 g/mol. The van der Waals surface area contributed by atoms with Crippen molar-refractivity contribution in [3.8, 4) is 10.4 Å². The van der Waals surface area contributed by atoms with Gasteiger partial charge in [-0.25, -0.2) is 9.37 Å². The van der Waals surface area contributed by atoms with E-state index in [0.717, 1.165) is 36.7 Å². The smallest absolute Gasteiger partial charge is 0.231 e.